The minimum absolute atomic E-state index is 0.116. The van der Waals surface area contributed by atoms with Crippen LogP contribution in [0.2, 0.25) is 0 Å². The van der Waals surface area contributed by atoms with Crippen LogP contribution in [0.4, 0.5) is 0 Å². The molecular formula is C14H13BrN2O2. The highest BCUT2D eigenvalue weighted by Crippen LogP contribution is 2.28. The highest BCUT2D eigenvalue weighted by atomic mass is 79.9. The summed E-state index contributed by atoms with van der Waals surface area (Å²) in [5.41, 5.74) is 8.58. The van der Waals surface area contributed by atoms with Gasteiger partial charge < -0.3 is 10.8 Å². The van der Waals surface area contributed by atoms with Crippen molar-refractivity contribution in [2.45, 2.75) is 12.5 Å². The van der Waals surface area contributed by atoms with Gasteiger partial charge in [-0.15, -0.1) is 0 Å². The van der Waals surface area contributed by atoms with E-state index in [0.717, 1.165) is 21.2 Å². The molecule has 1 aromatic heterocycles. The minimum Gasteiger partial charge on any atom is -0.481 e. The van der Waals surface area contributed by atoms with Crippen LogP contribution in [0.1, 0.15) is 18.0 Å². The molecule has 0 saturated heterocycles. The van der Waals surface area contributed by atoms with Crippen LogP contribution in [0.5, 0.6) is 0 Å². The van der Waals surface area contributed by atoms with Gasteiger partial charge in [-0.25, -0.2) is 0 Å². The average Bonchev–Trinajstić information content (AvgIpc) is 2.39. The fourth-order valence-electron chi connectivity index (χ4n) is 1.89. The Bertz CT molecular complexity index is 584. The SMILES string of the molecule is NC(CC(=O)O)c1cnccc1-c1ccc(Br)cc1. The number of aliphatic carboxylic acids is 1. The number of hydrogen-bond donors (Lipinski definition) is 2. The largest absolute Gasteiger partial charge is 0.481 e. The molecule has 0 fully saturated rings. The number of hydrogen-bond acceptors (Lipinski definition) is 3. The molecule has 0 aliphatic carbocycles. The smallest absolute Gasteiger partial charge is 0.305 e. The van der Waals surface area contributed by atoms with Crippen LogP contribution in [-0.4, -0.2) is 16.1 Å². The third-order valence-corrected chi connectivity index (χ3v) is 3.33. The number of rotatable bonds is 4. The standard InChI is InChI=1S/C14H13BrN2O2/c15-10-3-1-9(2-4-10)11-5-6-17-8-12(11)13(16)7-14(18)19/h1-6,8,13H,7,16H2,(H,18,19). The molecule has 0 spiro atoms. The second-order valence-corrected chi connectivity index (χ2v) is 5.09. The van der Waals surface area contributed by atoms with Crippen LogP contribution in [-0.2, 0) is 4.79 Å². The molecule has 1 atom stereocenters. The first-order valence-electron chi connectivity index (χ1n) is 5.75. The maximum Gasteiger partial charge on any atom is 0.305 e. The Morgan fingerprint density at radius 3 is 2.63 bits per heavy atom. The average molecular weight is 321 g/mol. The number of nitrogens with two attached hydrogens (primary N) is 1. The number of benzene rings is 1. The molecule has 5 heteroatoms. The van der Waals surface area contributed by atoms with Gasteiger partial charge in [-0.3, -0.25) is 9.78 Å². The quantitative estimate of drug-likeness (QED) is 0.908. The number of carbonyl (C=O) groups is 1. The lowest BCUT2D eigenvalue weighted by Crippen LogP contribution is -2.16. The lowest BCUT2D eigenvalue weighted by atomic mass is 9.96. The van der Waals surface area contributed by atoms with Crippen molar-refractivity contribution in [1.29, 1.82) is 0 Å². The predicted octanol–water partition coefficient (Wildman–Crippen LogP) is 2.99. The van der Waals surface area contributed by atoms with Gasteiger partial charge in [0.2, 0.25) is 0 Å². The summed E-state index contributed by atoms with van der Waals surface area (Å²) in [7, 11) is 0. The van der Waals surface area contributed by atoms with E-state index in [1.807, 2.05) is 30.3 Å². The van der Waals surface area contributed by atoms with Crippen molar-refractivity contribution >= 4 is 21.9 Å². The van der Waals surface area contributed by atoms with Crippen molar-refractivity contribution < 1.29 is 9.90 Å². The Labute approximate surface area is 119 Å². The van der Waals surface area contributed by atoms with Gasteiger partial charge in [0.1, 0.15) is 0 Å². The topological polar surface area (TPSA) is 76.2 Å². The van der Waals surface area contributed by atoms with E-state index in [1.165, 1.54) is 0 Å². The van der Waals surface area contributed by atoms with Gasteiger partial charge in [-0.1, -0.05) is 28.1 Å². The van der Waals surface area contributed by atoms with E-state index < -0.39 is 12.0 Å². The lowest BCUT2D eigenvalue weighted by Gasteiger charge is -2.14. The molecular weight excluding hydrogens is 308 g/mol. The van der Waals surface area contributed by atoms with Crippen LogP contribution in [0.3, 0.4) is 0 Å². The molecule has 1 heterocycles. The number of carboxylic acids is 1. The first-order valence-corrected chi connectivity index (χ1v) is 6.54. The van der Waals surface area contributed by atoms with Gasteiger partial charge in [0.25, 0.3) is 0 Å². The lowest BCUT2D eigenvalue weighted by molar-refractivity contribution is -0.137. The maximum absolute atomic E-state index is 10.8. The summed E-state index contributed by atoms with van der Waals surface area (Å²) < 4.78 is 0.988. The predicted molar refractivity (Wildman–Crippen MR) is 76.6 cm³/mol. The molecule has 19 heavy (non-hydrogen) atoms. The van der Waals surface area contributed by atoms with Crippen molar-refractivity contribution in [3.8, 4) is 11.1 Å². The second kappa shape index (κ2) is 5.95. The van der Waals surface area contributed by atoms with E-state index in [0.29, 0.717) is 0 Å². The fourth-order valence-corrected chi connectivity index (χ4v) is 2.16. The number of pyridine rings is 1. The van der Waals surface area contributed by atoms with E-state index in [1.54, 1.807) is 12.4 Å². The number of carboxylic acid groups (broad SMARTS) is 1. The summed E-state index contributed by atoms with van der Waals surface area (Å²) in [6.07, 6.45) is 3.19. The molecule has 0 aliphatic heterocycles. The van der Waals surface area contributed by atoms with Crippen LogP contribution >= 0.6 is 15.9 Å². The van der Waals surface area contributed by atoms with Gasteiger partial charge in [0, 0.05) is 22.9 Å². The molecule has 0 amide bonds. The fraction of sp³-hybridized carbons (Fsp3) is 0.143. The maximum atomic E-state index is 10.8. The van der Waals surface area contributed by atoms with E-state index in [-0.39, 0.29) is 6.42 Å². The van der Waals surface area contributed by atoms with E-state index in [4.69, 9.17) is 10.8 Å². The first-order chi connectivity index (χ1) is 9.08. The number of aromatic nitrogens is 1. The highest BCUT2D eigenvalue weighted by molar-refractivity contribution is 9.10. The molecule has 1 unspecified atom stereocenters. The first kappa shape index (κ1) is 13.7. The molecule has 0 aliphatic rings. The molecule has 0 radical (unpaired) electrons. The van der Waals surface area contributed by atoms with Gasteiger partial charge in [-0.2, -0.15) is 0 Å². The van der Waals surface area contributed by atoms with Crippen LogP contribution < -0.4 is 5.73 Å². The van der Waals surface area contributed by atoms with E-state index in [2.05, 4.69) is 20.9 Å². The third kappa shape index (κ3) is 3.39. The summed E-state index contributed by atoms with van der Waals surface area (Å²) in [6, 6.07) is 9.06. The summed E-state index contributed by atoms with van der Waals surface area (Å²) >= 11 is 3.38. The van der Waals surface area contributed by atoms with Crippen LogP contribution in [0, 0.1) is 0 Å². The van der Waals surface area contributed by atoms with E-state index >= 15 is 0 Å². The number of nitrogens with zero attached hydrogens (tertiary/aromatic N) is 1. The minimum atomic E-state index is -0.918. The molecule has 2 aromatic rings. The zero-order valence-corrected chi connectivity index (χ0v) is 11.7. The Hall–Kier alpha value is -1.72. The van der Waals surface area contributed by atoms with Gasteiger partial charge in [-0.05, 0) is 34.9 Å². The zero-order chi connectivity index (χ0) is 13.8. The van der Waals surface area contributed by atoms with Crippen molar-refractivity contribution in [2.24, 2.45) is 5.73 Å². The normalized spacial score (nSPS) is 12.1. The molecule has 0 saturated carbocycles. The van der Waals surface area contributed by atoms with Crippen LogP contribution in [0.15, 0.2) is 47.2 Å². The Morgan fingerprint density at radius 1 is 1.32 bits per heavy atom. The second-order valence-electron chi connectivity index (χ2n) is 4.17. The summed E-state index contributed by atoms with van der Waals surface area (Å²) in [5.74, 6) is -0.918. The van der Waals surface area contributed by atoms with Crippen LogP contribution in [0.25, 0.3) is 11.1 Å². The third-order valence-electron chi connectivity index (χ3n) is 2.80. The number of halogens is 1. The highest BCUT2D eigenvalue weighted by Gasteiger charge is 2.15. The Kier molecular flexibility index (Phi) is 4.29. The van der Waals surface area contributed by atoms with Crippen molar-refractivity contribution in [3.05, 3.63) is 52.8 Å². The zero-order valence-electron chi connectivity index (χ0n) is 10.1. The van der Waals surface area contributed by atoms with Crippen molar-refractivity contribution in [1.82, 2.24) is 4.98 Å². The van der Waals surface area contributed by atoms with Crippen molar-refractivity contribution in [2.75, 3.05) is 0 Å². The van der Waals surface area contributed by atoms with Gasteiger partial charge >= 0.3 is 5.97 Å². The van der Waals surface area contributed by atoms with E-state index in [9.17, 15) is 4.79 Å². The summed E-state index contributed by atoms with van der Waals surface area (Å²) in [6.45, 7) is 0. The molecule has 1 aromatic carbocycles. The molecule has 4 nitrogen and oxygen atoms in total. The summed E-state index contributed by atoms with van der Waals surface area (Å²) in [5, 5.41) is 8.84. The van der Waals surface area contributed by atoms with Gasteiger partial charge in [0.05, 0.1) is 6.42 Å². The Balaban J connectivity index is 2.40. The Morgan fingerprint density at radius 2 is 2.00 bits per heavy atom. The molecule has 0 bridgehead atoms. The molecule has 2 rings (SSSR count). The van der Waals surface area contributed by atoms with Crippen molar-refractivity contribution in [3.63, 3.8) is 0 Å². The summed E-state index contributed by atoms with van der Waals surface area (Å²) in [4.78, 5) is 14.8. The monoisotopic (exact) mass is 320 g/mol. The molecule has 98 valence electrons. The van der Waals surface area contributed by atoms with Gasteiger partial charge in [0.15, 0.2) is 0 Å². The molecule has 3 N–H and O–H groups in total.